The number of sulfonamides is 1. The molecule has 0 unspecified atom stereocenters. The van der Waals surface area contributed by atoms with Gasteiger partial charge in [-0.3, -0.25) is 0 Å². The van der Waals surface area contributed by atoms with E-state index in [1.807, 2.05) is 17.5 Å². The fourth-order valence-corrected chi connectivity index (χ4v) is 4.84. The highest BCUT2D eigenvalue weighted by Crippen LogP contribution is 2.23. The summed E-state index contributed by atoms with van der Waals surface area (Å²) in [5.74, 6) is 0.107. The Balaban J connectivity index is 1.65. The zero-order valence-corrected chi connectivity index (χ0v) is 15.7. The highest BCUT2D eigenvalue weighted by molar-refractivity contribution is 7.89. The molecule has 0 radical (unpaired) electrons. The van der Waals surface area contributed by atoms with Gasteiger partial charge in [0.1, 0.15) is 6.61 Å². The second-order valence-electron chi connectivity index (χ2n) is 6.27. The summed E-state index contributed by atoms with van der Waals surface area (Å²) >= 11 is 1.52. The zero-order valence-electron chi connectivity index (χ0n) is 14.1. The Kier molecular flexibility index (Phi) is 5.56. The van der Waals surface area contributed by atoms with Crippen LogP contribution in [0.5, 0.6) is 0 Å². The van der Waals surface area contributed by atoms with Gasteiger partial charge in [-0.15, -0.1) is 11.3 Å². The molecule has 0 amide bonds. The molecular weight excluding hydrogens is 358 g/mol. The van der Waals surface area contributed by atoms with Gasteiger partial charge in [-0.05, 0) is 54.5 Å². The first kappa shape index (κ1) is 18.1. The van der Waals surface area contributed by atoms with Gasteiger partial charge in [0.15, 0.2) is 0 Å². The number of thiophene rings is 1. The van der Waals surface area contributed by atoms with Crippen LogP contribution in [0.3, 0.4) is 0 Å². The fourth-order valence-electron chi connectivity index (χ4n) is 2.75. The lowest BCUT2D eigenvalue weighted by Gasteiger charge is -2.29. The van der Waals surface area contributed by atoms with Crippen molar-refractivity contribution in [1.29, 1.82) is 0 Å². The molecule has 3 rings (SSSR count). The van der Waals surface area contributed by atoms with Crippen LogP contribution < -0.4 is 0 Å². The lowest BCUT2D eigenvalue weighted by atomic mass is 10.0. The Hall–Kier alpha value is -1.70. The number of esters is 1. The van der Waals surface area contributed by atoms with Gasteiger partial charge in [-0.25, -0.2) is 13.2 Å². The predicted octanol–water partition coefficient (Wildman–Crippen LogP) is 3.53. The normalized spacial score (nSPS) is 16.7. The molecule has 1 aromatic carbocycles. The van der Waals surface area contributed by atoms with Crippen molar-refractivity contribution in [2.24, 2.45) is 5.92 Å². The summed E-state index contributed by atoms with van der Waals surface area (Å²) in [5.41, 5.74) is 0.350. The van der Waals surface area contributed by atoms with Crippen LogP contribution in [0.1, 0.15) is 35.0 Å². The van der Waals surface area contributed by atoms with E-state index >= 15 is 0 Å². The Morgan fingerprint density at radius 2 is 1.88 bits per heavy atom. The molecule has 0 N–H and O–H groups in total. The molecule has 134 valence electrons. The summed E-state index contributed by atoms with van der Waals surface area (Å²) in [4.78, 5) is 13.2. The standard InChI is InChI=1S/C18H21NO4S2/c1-14-8-10-19(11-9-14)25(21,22)17-6-4-15(5-7-17)18(20)23-13-16-3-2-12-24-16/h2-7,12,14H,8-11,13H2,1H3. The average Bonchev–Trinajstić information content (AvgIpc) is 3.14. The Bertz CT molecular complexity index is 805. The number of piperidine rings is 1. The van der Waals surface area contributed by atoms with Crippen molar-refractivity contribution < 1.29 is 17.9 Å². The number of hydrogen-bond donors (Lipinski definition) is 0. The average molecular weight is 380 g/mol. The molecule has 1 saturated heterocycles. The number of nitrogens with zero attached hydrogens (tertiary/aromatic N) is 1. The van der Waals surface area contributed by atoms with Gasteiger partial charge >= 0.3 is 5.97 Å². The highest BCUT2D eigenvalue weighted by atomic mass is 32.2. The lowest BCUT2D eigenvalue weighted by Crippen LogP contribution is -2.37. The zero-order chi connectivity index (χ0) is 17.9. The number of carbonyl (C=O) groups is 1. The molecule has 2 heterocycles. The largest absolute Gasteiger partial charge is 0.456 e. The molecular formula is C18H21NO4S2. The third-order valence-corrected chi connectivity index (χ3v) is 7.16. The Morgan fingerprint density at radius 3 is 2.48 bits per heavy atom. The van der Waals surface area contributed by atoms with Crippen LogP contribution in [0.2, 0.25) is 0 Å². The summed E-state index contributed by atoms with van der Waals surface area (Å²) in [6, 6.07) is 9.78. The first-order chi connectivity index (χ1) is 12.0. The molecule has 2 aromatic rings. The first-order valence-corrected chi connectivity index (χ1v) is 10.6. The second kappa shape index (κ2) is 7.68. The van der Waals surface area contributed by atoms with Crippen LogP contribution in [0.25, 0.3) is 0 Å². The van der Waals surface area contributed by atoms with Crippen molar-refractivity contribution in [3.63, 3.8) is 0 Å². The number of hydrogen-bond acceptors (Lipinski definition) is 5. The van der Waals surface area contributed by atoms with Crippen LogP contribution >= 0.6 is 11.3 Å². The minimum Gasteiger partial charge on any atom is -0.456 e. The summed E-state index contributed by atoms with van der Waals surface area (Å²) < 4.78 is 32.1. The third-order valence-electron chi connectivity index (χ3n) is 4.40. The fraction of sp³-hybridized carbons (Fsp3) is 0.389. The molecule has 1 aromatic heterocycles. The molecule has 25 heavy (non-hydrogen) atoms. The maximum atomic E-state index is 12.7. The van der Waals surface area contributed by atoms with Crippen molar-refractivity contribution in [1.82, 2.24) is 4.31 Å². The van der Waals surface area contributed by atoms with Gasteiger partial charge in [-0.1, -0.05) is 13.0 Å². The van der Waals surface area contributed by atoms with Gasteiger partial charge in [-0.2, -0.15) is 4.31 Å². The summed E-state index contributed by atoms with van der Waals surface area (Å²) in [6.45, 7) is 3.46. The lowest BCUT2D eigenvalue weighted by molar-refractivity contribution is 0.0476. The van der Waals surface area contributed by atoms with Gasteiger partial charge in [0.2, 0.25) is 10.0 Å². The van der Waals surface area contributed by atoms with E-state index in [4.69, 9.17) is 4.74 Å². The number of rotatable bonds is 5. The van der Waals surface area contributed by atoms with Crippen molar-refractivity contribution in [3.05, 3.63) is 52.2 Å². The number of ether oxygens (including phenoxy) is 1. The SMILES string of the molecule is CC1CCN(S(=O)(=O)c2ccc(C(=O)OCc3cccs3)cc2)CC1. The van der Waals surface area contributed by atoms with E-state index in [2.05, 4.69) is 6.92 Å². The number of benzene rings is 1. The molecule has 0 saturated carbocycles. The van der Waals surface area contributed by atoms with E-state index < -0.39 is 16.0 Å². The molecule has 0 spiro atoms. The maximum absolute atomic E-state index is 12.7. The van der Waals surface area contributed by atoms with Gasteiger partial charge < -0.3 is 4.74 Å². The minimum atomic E-state index is -3.49. The van der Waals surface area contributed by atoms with Crippen LogP contribution in [0, 0.1) is 5.92 Å². The van der Waals surface area contributed by atoms with E-state index in [9.17, 15) is 13.2 Å². The second-order valence-corrected chi connectivity index (χ2v) is 9.24. The van der Waals surface area contributed by atoms with E-state index in [-0.39, 0.29) is 11.5 Å². The molecule has 5 nitrogen and oxygen atoms in total. The Morgan fingerprint density at radius 1 is 1.20 bits per heavy atom. The summed E-state index contributed by atoms with van der Waals surface area (Å²) in [6.07, 6.45) is 1.76. The maximum Gasteiger partial charge on any atom is 0.338 e. The molecule has 0 bridgehead atoms. The first-order valence-electron chi connectivity index (χ1n) is 8.26. The number of carbonyl (C=O) groups excluding carboxylic acids is 1. The van der Waals surface area contributed by atoms with Crippen molar-refractivity contribution >= 4 is 27.3 Å². The van der Waals surface area contributed by atoms with E-state index in [1.165, 1.54) is 39.9 Å². The van der Waals surface area contributed by atoms with Gasteiger partial charge in [0.25, 0.3) is 0 Å². The third kappa shape index (κ3) is 4.29. The quantitative estimate of drug-likeness (QED) is 0.746. The van der Waals surface area contributed by atoms with E-state index in [0.717, 1.165) is 17.7 Å². The van der Waals surface area contributed by atoms with Gasteiger partial charge in [0.05, 0.1) is 10.5 Å². The molecule has 7 heteroatoms. The minimum absolute atomic E-state index is 0.219. The predicted molar refractivity (Wildman–Crippen MR) is 97.0 cm³/mol. The van der Waals surface area contributed by atoms with Crippen LogP contribution in [0.4, 0.5) is 0 Å². The van der Waals surface area contributed by atoms with Crippen LogP contribution in [-0.2, 0) is 21.4 Å². The molecule has 1 fully saturated rings. The van der Waals surface area contributed by atoms with Crippen LogP contribution in [-0.4, -0.2) is 31.8 Å². The summed E-state index contributed by atoms with van der Waals surface area (Å²) in [5, 5.41) is 1.92. The molecule has 0 aliphatic carbocycles. The molecule has 1 aliphatic rings. The van der Waals surface area contributed by atoms with Crippen molar-refractivity contribution in [3.8, 4) is 0 Å². The Labute approximate surface area is 152 Å². The van der Waals surface area contributed by atoms with Gasteiger partial charge in [0, 0.05) is 18.0 Å². The topological polar surface area (TPSA) is 63.7 Å². The smallest absolute Gasteiger partial charge is 0.338 e. The van der Waals surface area contributed by atoms with E-state index in [0.29, 0.717) is 24.6 Å². The van der Waals surface area contributed by atoms with Crippen molar-refractivity contribution in [2.75, 3.05) is 13.1 Å². The van der Waals surface area contributed by atoms with Crippen LogP contribution in [0.15, 0.2) is 46.7 Å². The highest BCUT2D eigenvalue weighted by Gasteiger charge is 2.28. The summed E-state index contributed by atoms with van der Waals surface area (Å²) in [7, 11) is -3.49. The van der Waals surface area contributed by atoms with E-state index in [1.54, 1.807) is 0 Å². The molecule has 1 aliphatic heterocycles. The van der Waals surface area contributed by atoms with Crippen molar-refractivity contribution in [2.45, 2.75) is 31.3 Å². The monoisotopic (exact) mass is 379 g/mol. The molecule has 0 atom stereocenters.